The summed E-state index contributed by atoms with van der Waals surface area (Å²) in [4.78, 5) is 0. The molecule has 1 heteroatoms. The van der Waals surface area contributed by atoms with E-state index in [1.807, 2.05) is 0 Å². The predicted molar refractivity (Wildman–Crippen MR) is 117 cm³/mol. The molecule has 5 rings (SSSR count). The van der Waals surface area contributed by atoms with E-state index in [2.05, 4.69) is 115 Å². The second kappa shape index (κ2) is 6.62. The fourth-order valence-corrected chi connectivity index (χ4v) is 3.77. The summed E-state index contributed by atoms with van der Waals surface area (Å²) in [7, 11) is 0. The van der Waals surface area contributed by atoms with Crippen LogP contribution in [-0.4, -0.2) is 0 Å². The molecule has 5 aromatic carbocycles. The van der Waals surface area contributed by atoms with Gasteiger partial charge >= 0.3 is 0 Å². The summed E-state index contributed by atoms with van der Waals surface area (Å²) in [6, 6.07) is 38.4. The molecule has 0 heterocycles. The van der Waals surface area contributed by atoms with E-state index in [1.165, 1.54) is 32.7 Å². The van der Waals surface area contributed by atoms with Crippen LogP contribution in [0, 0.1) is 0 Å². The highest BCUT2D eigenvalue weighted by Crippen LogP contribution is 2.38. The summed E-state index contributed by atoms with van der Waals surface area (Å²) >= 11 is 0. The van der Waals surface area contributed by atoms with Crippen molar-refractivity contribution in [1.82, 2.24) is 0 Å². The van der Waals surface area contributed by atoms with Crippen LogP contribution in [0.2, 0.25) is 0 Å². The lowest BCUT2D eigenvalue weighted by Gasteiger charge is -2.17. The van der Waals surface area contributed by atoms with E-state index in [0.717, 1.165) is 11.4 Å². The fourth-order valence-electron chi connectivity index (χ4n) is 3.77. The molecule has 1 nitrogen and oxygen atoms in total. The van der Waals surface area contributed by atoms with Crippen LogP contribution in [0.4, 0.5) is 11.4 Å². The van der Waals surface area contributed by atoms with Gasteiger partial charge in [0, 0.05) is 22.3 Å². The summed E-state index contributed by atoms with van der Waals surface area (Å²) < 4.78 is 0. The van der Waals surface area contributed by atoms with Gasteiger partial charge in [0.25, 0.3) is 0 Å². The zero-order chi connectivity index (χ0) is 18.1. The molecule has 5 aromatic rings. The van der Waals surface area contributed by atoms with E-state index >= 15 is 0 Å². The van der Waals surface area contributed by atoms with E-state index in [1.54, 1.807) is 0 Å². The van der Waals surface area contributed by atoms with Crippen molar-refractivity contribution < 1.29 is 0 Å². The van der Waals surface area contributed by atoms with Crippen molar-refractivity contribution in [3.63, 3.8) is 0 Å². The monoisotopic (exact) mass is 345 g/mol. The van der Waals surface area contributed by atoms with Gasteiger partial charge in [-0.3, -0.25) is 0 Å². The predicted octanol–water partition coefficient (Wildman–Crippen LogP) is 7.40. The van der Waals surface area contributed by atoms with E-state index < -0.39 is 0 Å². The summed E-state index contributed by atoms with van der Waals surface area (Å²) in [5, 5.41) is 8.68. The van der Waals surface area contributed by atoms with Gasteiger partial charge < -0.3 is 5.32 Å². The van der Waals surface area contributed by atoms with Crippen LogP contribution in [0.1, 0.15) is 0 Å². The van der Waals surface area contributed by atoms with Crippen LogP contribution in [0.3, 0.4) is 0 Å². The summed E-state index contributed by atoms with van der Waals surface area (Å²) in [6.45, 7) is 0. The molecule has 0 saturated heterocycles. The molecule has 27 heavy (non-hydrogen) atoms. The van der Waals surface area contributed by atoms with Gasteiger partial charge in [0.1, 0.15) is 0 Å². The van der Waals surface area contributed by atoms with Gasteiger partial charge in [0.2, 0.25) is 0 Å². The average molecular weight is 345 g/mol. The molecule has 128 valence electrons. The van der Waals surface area contributed by atoms with Crippen LogP contribution in [0.15, 0.2) is 109 Å². The maximum absolute atomic E-state index is 3.71. The van der Waals surface area contributed by atoms with Crippen molar-refractivity contribution in [3.8, 4) is 11.1 Å². The zero-order valence-electron chi connectivity index (χ0n) is 14.9. The molecular weight excluding hydrogens is 326 g/mol. The molecule has 0 aliphatic heterocycles. The van der Waals surface area contributed by atoms with Crippen LogP contribution in [-0.2, 0) is 0 Å². The topological polar surface area (TPSA) is 12.0 Å². The lowest BCUT2D eigenvalue weighted by molar-refractivity contribution is 1.57. The maximum atomic E-state index is 3.71. The number of hydrogen-bond acceptors (Lipinski definition) is 1. The van der Waals surface area contributed by atoms with Gasteiger partial charge in [0.15, 0.2) is 0 Å². The summed E-state index contributed by atoms with van der Waals surface area (Å²) in [6.07, 6.45) is 0. The zero-order valence-corrected chi connectivity index (χ0v) is 14.9. The van der Waals surface area contributed by atoms with Gasteiger partial charge in [-0.05, 0) is 33.9 Å². The Morgan fingerprint density at radius 3 is 1.85 bits per heavy atom. The van der Waals surface area contributed by atoms with Gasteiger partial charge in [-0.25, -0.2) is 0 Å². The fraction of sp³-hybridized carbons (Fsp3) is 0. The molecular formula is C26H19N. The molecule has 0 saturated carbocycles. The van der Waals surface area contributed by atoms with Gasteiger partial charge in [-0.15, -0.1) is 0 Å². The largest absolute Gasteiger partial charge is 0.354 e. The first kappa shape index (κ1) is 15.7. The van der Waals surface area contributed by atoms with Crippen molar-refractivity contribution in [2.75, 3.05) is 5.32 Å². The van der Waals surface area contributed by atoms with Crippen molar-refractivity contribution in [2.45, 2.75) is 0 Å². The molecule has 0 aromatic heterocycles. The molecule has 0 bridgehead atoms. The van der Waals surface area contributed by atoms with E-state index in [0.29, 0.717) is 0 Å². The minimum absolute atomic E-state index is 1.12. The summed E-state index contributed by atoms with van der Waals surface area (Å²) in [5.74, 6) is 0. The first-order valence-corrected chi connectivity index (χ1v) is 9.22. The Kier molecular flexibility index (Phi) is 3.84. The Balaban J connectivity index is 1.74. The Morgan fingerprint density at radius 1 is 0.407 bits per heavy atom. The molecule has 0 spiro atoms. The highest BCUT2D eigenvalue weighted by molar-refractivity contribution is 6.05. The number of anilines is 2. The van der Waals surface area contributed by atoms with Crippen LogP contribution < -0.4 is 5.32 Å². The number of rotatable bonds is 3. The molecule has 1 N–H and O–H groups in total. The maximum Gasteiger partial charge on any atom is 0.0470 e. The minimum Gasteiger partial charge on any atom is -0.354 e. The standard InChI is InChI=1S/C26H19N/c1-2-11-21(12-3-1)26-23-15-7-5-10-20(23)17-18-25(26)27-24-16-8-13-19-9-4-6-14-22(19)24/h1-18,27H. The van der Waals surface area contributed by atoms with Crippen molar-refractivity contribution in [2.24, 2.45) is 0 Å². The molecule has 0 aliphatic carbocycles. The molecule has 0 unspecified atom stereocenters. The first-order valence-electron chi connectivity index (χ1n) is 9.22. The van der Waals surface area contributed by atoms with Crippen molar-refractivity contribution in [1.29, 1.82) is 0 Å². The average Bonchev–Trinajstić information content (AvgIpc) is 2.74. The third kappa shape index (κ3) is 2.84. The Bertz CT molecular complexity index is 1230. The van der Waals surface area contributed by atoms with Crippen LogP contribution in [0.25, 0.3) is 32.7 Å². The number of hydrogen-bond donors (Lipinski definition) is 1. The number of benzene rings is 5. The van der Waals surface area contributed by atoms with E-state index in [9.17, 15) is 0 Å². The Morgan fingerprint density at radius 2 is 1.04 bits per heavy atom. The van der Waals surface area contributed by atoms with Crippen molar-refractivity contribution in [3.05, 3.63) is 109 Å². The van der Waals surface area contributed by atoms with Crippen molar-refractivity contribution >= 4 is 32.9 Å². The Labute approximate surface area is 158 Å². The van der Waals surface area contributed by atoms with E-state index in [4.69, 9.17) is 0 Å². The third-order valence-electron chi connectivity index (χ3n) is 5.05. The minimum atomic E-state index is 1.12. The molecule has 0 fully saturated rings. The van der Waals surface area contributed by atoms with Gasteiger partial charge in [0.05, 0.1) is 0 Å². The molecule has 0 amide bonds. The lowest BCUT2D eigenvalue weighted by atomic mass is 9.96. The summed E-state index contributed by atoms with van der Waals surface area (Å²) in [5.41, 5.74) is 4.70. The lowest BCUT2D eigenvalue weighted by Crippen LogP contribution is -1.95. The molecule has 0 radical (unpaired) electrons. The van der Waals surface area contributed by atoms with E-state index in [-0.39, 0.29) is 0 Å². The second-order valence-electron chi connectivity index (χ2n) is 6.73. The van der Waals surface area contributed by atoms with Gasteiger partial charge in [-0.2, -0.15) is 0 Å². The molecule has 0 aliphatic rings. The molecule has 0 atom stereocenters. The highest BCUT2D eigenvalue weighted by Gasteiger charge is 2.11. The Hall–Kier alpha value is -3.58. The number of nitrogens with one attached hydrogen (secondary N) is 1. The first-order chi connectivity index (χ1) is 13.4. The second-order valence-corrected chi connectivity index (χ2v) is 6.73. The SMILES string of the molecule is c1ccc(-c2c(Nc3cccc4ccccc34)ccc3ccccc23)cc1. The van der Waals surface area contributed by atoms with Gasteiger partial charge in [-0.1, -0.05) is 97.1 Å². The quantitative estimate of drug-likeness (QED) is 0.359. The van der Waals surface area contributed by atoms with Crippen LogP contribution in [0.5, 0.6) is 0 Å². The van der Waals surface area contributed by atoms with Crippen LogP contribution >= 0.6 is 0 Å². The number of fused-ring (bicyclic) bond motifs is 2. The third-order valence-corrected chi connectivity index (χ3v) is 5.05. The normalized spacial score (nSPS) is 11.0. The highest BCUT2D eigenvalue weighted by atomic mass is 14.9. The smallest absolute Gasteiger partial charge is 0.0470 e.